The van der Waals surface area contributed by atoms with Gasteiger partial charge in [0.05, 0.1) is 25.7 Å². The van der Waals surface area contributed by atoms with Gasteiger partial charge in [-0.15, -0.1) is 11.8 Å². The van der Waals surface area contributed by atoms with E-state index >= 15 is 0 Å². The summed E-state index contributed by atoms with van der Waals surface area (Å²) >= 11 is 1.88. The van der Waals surface area contributed by atoms with Crippen molar-refractivity contribution in [3.05, 3.63) is 53.6 Å². The van der Waals surface area contributed by atoms with Crippen molar-refractivity contribution in [1.82, 2.24) is 4.90 Å². The lowest BCUT2D eigenvalue weighted by atomic mass is 9.75. The number of hydrogen-bond acceptors (Lipinski definition) is 5. The van der Waals surface area contributed by atoms with Crippen LogP contribution in [0.2, 0.25) is 0 Å². The first kappa shape index (κ1) is 21.5. The van der Waals surface area contributed by atoms with E-state index in [-0.39, 0.29) is 5.41 Å². The van der Waals surface area contributed by atoms with Gasteiger partial charge in [0.1, 0.15) is 0 Å². The Morgan fingerprint density at radius 3 is 2.66 bits per heavy atom. The van der Waals surface area contributed by atoms with Crippen molar-refractivity contribution >= 4 is 11.8 Å². The lowest BCUT2D eigenvalue weighted by Gasteiger charge is -2.33. The first-order chi connectivity index (χ1) is 14.1. The molecule has 1 aliphatic heterocycles. The van der Waals surface area contributed by atoms with Gasteiger partial charge in [-0.1, -0.05) is 24.3 Å². The predicted molar refractivity (Wildman–Crippen MR) is 119 cm³/mol. The van der Waals surface area contributed by atoms with Crippen LogP contribution in [0.5, 0.6) is 11.5 Å². The number of methoxy groups -OCH3 is 2. The summed E-state index contributed by atoms with van der Waals surface area (Å²) in [4.78, 5) is 3.63. The van der Waals surface area contributed by atoms with Crippen molar-refractivity contribution in [2.75, 3.05) is 40.1 Å². The highest BCUT2D eigenvalue weighted by Gasteiger charge is 2.36. The van der Waals surface area contributed by atoms with E-state index in [2.05, 4.69) is 48.3 Å². The standard InChI is InChI=1S/C24H30N2O2S/c1-26(15-11-19-9-10-21(27-2)22(17-19)28-3)14-6-12-24(18-25)13-16-29-23-8-5-4-7-20(23)24/h4-5,7-10,17H,6,11-16H2,1-3H3/t24-/m1/s1. The summed E-state index contributed by atoms with van der Waals surface area (Å²) in [6, 6.07) is 17.2. The average Bonchev–Trinajstić information content (AvgIpc) is 2.77. The highest BCUT2D eigenvalue weighted by Crippen LogP contribution is 2.44. The minimum absolute atomic E-state index is 0.327. The summed E-state index contributed by atoms with van der Waals surface area (Å²) < 4.78 is 10.7. The maximum absolute atomic E-state index is 10.0. The predicted octanol–water partition coefficient (Wildman–Crippen LogP) is 4.92. The van der Waals surface area contributed by atoms with Crippen LogP contribution in [0.4, 0.5) is 0 Å². The summed E-state index contributed by atoms with van der Waals surface area (Å²) in [5.41, 5.74) is 2.14. The Hall–Kier alpha value is -2.16. The normalized spacial score (nSPS) is 18.2. The molecule has 0 saturated carbocycles. The zero-order valence-electron chi connectivity index (χ0n) is 17.6. The molecule has 0 aromatic heterocycles. The second kappa shape index (κ2) is 10.0. The van der Waals surface area contributed by atoms with E-state index in [1.54, 1.807) is 14.2 Å². The zero-order chi connectivity index (χ0) is 20.7. The van der Waals surface area contributed by atoms with Crippen molar-refractivity contribution in [1.29, 1.82) is 5.26 Å². The second-order valence-electron chi connectivity index (χ2n) is 7.63. The van der Waals surface area contributed by atoms with Crippen LogP contribution in [0, 0.1) is 11.3 Å². The number of rotatable bonds is 9. The molecule has 0 aliphatic carbocycles. The number of nitrogens with zero attached hydrogens (tertiary/aromatic N) is 2. The Morgan fingerprint density at radius 1 is 1.10 bits per heavy atom. The highest BCUT2D eigenvalue weighted by molar-refractivity contribution is 7.99. The Morgan fingerprint density at radius 2 is 1.90 bits per heavy atom. The molecule has 29 heavy (non-hydrogen) atoms. The maximum atomic E-state index is 10.0. The molecule has 0 fully saturated rings. The smallest absolute Gasteiger partial charge is 0.160 e. The fourth-order valence-electron chi connectivity index (χ4n) is 4.01. The van der Waals surface area contributed by atoms with Crippen LogP contribution in [0.1, 0.15) is 30.4 Å². The number of ether oxygens (including phenoxy) is 2. The molecule has 5 heteroatoms. The Bertz CT molecular complexity index is 864. The summed E-state index contributed by atoms with van der Waals surface area (Å²) in [7, 11) is 5.48. The zero-order valence-corrected chi connectivity index (χ0v) is 18.4. The number of thioether (sulfide) groups is 1. The molecule has 0 saturated heterocycles. The fraction of sp³-hybridized carbons (Fsp3) is 0.458. The van der Waals surface area contributed by atoms with Crippen LogP contribution in [0.25, 0.3) is 0 Å². The van der Waals surface area contributed by atoms with Crippen molar-refractivity contribution in [2.45, 2.75) is 36.0 Å². The van der Waals surface area contributed by atoms with Gasteiger partial charge in [-0.05, 0) is 74.4 Å². The lowest BCUT2D eigenvalue weighted by Crippen LogP contribution is -2.31. The van der Waals surface area contributed by atoms with E-state index in [1.165, 1.54) is 16.0 Å². The largest absolute Gasteiger partial charge is 0.493 e. The maximum Gasteiger partial charge on any atom is 0.160 e. The van der Waals surface area contributed by atoms with E-state index in [0.717, 1.165) is 56.0 Å². The molecule has 0 spiro atoms. The van der Waals surface area contributed by atoms with E-state index < -0.39 is 0 Å². The molecule has 0 radical (unpaired) electrons. The second-order valence-corrected chi connectivity index (χ2v) is 8.77. The van der Waals surface area contributed by atoms with Crippen molar-refractivity contribution in [3.8, 4) is 17.6 Å². The van der Waals surface area contributed by atoms with E-state index in [4.69, 9.17) is 9.47 Å². The van der Waals surface area contributed by atoms with Gasteiger partial charge in [-0.25, -0.2) is 0 Å². The van der Waals surface area contributed by atoms with Crippen LogP contribution in [-0.2, 0) is 11.8 Å². The number of fused-ring (bicyclic) bond motifs is 1. The monoisotopic (exact) mass is 410 g/mol. The molecule has 0 amide bonds. The Kier molecular flexibility index (Phi) is 7.46. The summed E-state index contributed by atoms with van der Waals surface area (Å²) in [6.07, 6.45) is 3.84. The molecule has 3 rings (SSSR count). The summed E-state index contributed by atoms with van der Waals surface area (Å²) in [5, 5.41) is 10.0. The van der Waals surface area contributed by atoms with Crippen LogP contribution in [0.15, 0.2) is 47.4 Å². The number of benzene rings is 2. The van der Waals surface area contributed by atoms with Crippen molar-refractivity contribution in [3.63, 3.8) is 0 Å². The van der Waals surface area contributed by atoms with E-state index in [9.17, 15) is 5.26 Å². The van der Waals surface area contributed by atoms with Gasteiger partial charge in [-0.3, -0.25) is 0 Å². The molecule has 0 unspecified atom stereocenters. The number of hydrogen-bond donors (Lipinski definition) is 0. The van der Waals surface area contributed by atoms with Crippen LogP contribution in [-0.4, -0.2) is 45.0 Å². The van der Waals surface area contributed by atoms with Crippen LogP contribution < -0.4 is 9.47 Å². The molecular formula is C24H30N2O2S. The quantitative estimate of drug-likeness (QED) is 0.587. The molecule has 154 valence electrons. The molecule has 1 aliphatic rings. The van der Waals surface area contributed by atoms with Gasteiger partial charge in [-0.2, -0.15) is 5.26 Å². The molecule has 0 bridgehead atoms. The van der Waals surface area contributed by atoms with Gasteiger partial charge in [0.2, 0.25) is 0 Å². The highest BCUT2D eigenvalue weighted by atomic mass is 32.2. The number of likely N-dealkylation sites (N-methyl/N-ethyl adjacent to an activating group) is 1. The molecule has 2 aromatic rings. The third-order valence-corrected chi connectivity index (χ3v) is 6.85. The topological polar surface area (TPSA) is 45.5 Å². The van der Waals surface area contributed by atoms with E-state index in [1.807, 2.05) is 23.9 Å². The van der Waals surface area contributed by atoms with Crippen molar-refractivity contribution in [2.24, 2.45) is 0 Å². The minimum Gasteiger partial charge on any atom is -0.493 e. The Labute approximate surface area is 178 Å². The van der Waals surface area contributed by atoms with Gasteiger partial charge in [0.15, 0.2) is 11.5 Å². The number of nitriles is 1. The van der Waals surface area contributed by atoms with Gasteiger partial charge in [0.25, 0.3) is 0 Å². The third kappa shape index (κ3) is 5.07. The first-order valence-electron chi connectivity index (χ1n) is 10.1. The molecule has 1 heterocycles. The van der Waals surface area contributed by atoms with Gasteiger partial charge in [0, 0.05) is 11.4 Å². The molecule has 4 nitrogen and oxygen atoms in total. The first-order valence-corrected chi connectivity index (χ1v) is 11.1. The van der Waals surface area contributed by atoms with Crippen LogP contribution in [0.3, 0.4) is 0 Å². The Balaban J connectivity index is 1.53. The fourth-order valence-corrected chi connectivity index (χ4v) is 5.27. The molecule has 2 aromatic carbocycles. The van der Waals surface area contributed by atoms with Crippen LogP contribution >= 0.6 is 11.8 Å². The minimum atomic E-state index is -0.327. The van der Waals surface area contributed by atoms with Crippen molar-refractivity contribution < 1.29 is 9.47 Å². The molecular weight excluding hydrogens is 380 g/mol. The molecule has 1 atom stereocenters. The SMILES string of the molecule is COc1ccc(CCN(C)CCC[C@]2(C#N)CCSc3ccccc32)cc1OC. The van der Waals surface area contributed by atoms with E-state index in [0.29, 0.717) is 0 Å². The van der Waals surface area contributed by atoms with Gasteiger partial charge >= 0.3 is 0 Å². The van der Waals surface area contributed by atoms with Gasteiger partial charge < -0.3 is 14.4 Å². The molecule has 0 N–H and O–H groups in total. The average molecular weight is 411 g/mol. The summed E-state index contributed by atoms with van der Waals surface area (Å²) in [5.74, 6) is 2.56. The summed E-state index contributed by atoms with van der Waals surface area (Å²) in [6.45, 7) is 1.97. The third-order valence-electron chi connectivity index (χ3n) is 5.78. The lowest BCUT2D eigenvalue weighted by molar-refractivity contribution is 0.313.